The zero-order chi connectivity index (χ0) is 24.6. The summed E-state index contributed by atoms with van der Waals surface area (Å²) in [6.45, 7) is 7.36. The maximum absolute atomic E-state index is 15.1. The van der Waals surface area contributed by atoms with Crippen LogP contribution >= 0.6 is 0 Å². The van der Waals surface area contributed by atoms with Crippen molar-refractivity contribution in [3.63, 3.8) is 0 Å². The van der Waals surface area contributed by atoms with Crippen molar-refractivity contribution in [1.29, 1.82) is 0 Å². The van der Waals surface area contributed by atoms with Crippen LogP contribution in [0.3, 0.4) is 0 Å². The van der Waals surface area contributed by atoms with E-state index in [0.717, 1.165) is 66.1 Å². The first kappa shape index (κ1) is 22.6. The van der Waals surface area contributed by atoms with Crippen LogP contribution in [0.5, 0.6) is 0 Å². The molecule has 1 aliphatic heterocycles. The summed E-state index contributed by atoms with van der Waals surface area (Å²) in [5.74, 6) is 1.17. The second kappa shape index (κ2) is 9.29. The third kappa shape index (κ3) is 4.08. The molecule has 10 heteroatoms. The molecule has 5 heterocycles. The molecule has 0 aliphatic carbocycles. The number of halogens is 1. The van der Waals surface area contributed by atoms with Crippen LogP contribution in [0, 0.1) is 5.82 Å². The summed E-state index contributed by atoms with van der Waals surface area (Å²) < 4.78 is 15.1. The van der Waals surface area contributed by atoms with E-state index in [0.29, 0.717) is 29.1 Å². The van der Waals surface area contributed by atoms with E-state index in [1.165, 1.54) is 6.07 Å². The third-order valence-corrected chi connectivity index (χ3v) is 6.74. The topological polar surface area (TPSA) is 102 Å². The number of piperazine rings is 1. The molecule has 36 heavy (non-hydrogen) atoms. The first-order valence-corrected chi connectivity index (χ1v) is 12.2. The van der Waals surface area contributed by atoms with E-state index in [9.17, 15) is 0 Å². The zero-order valence-electron chi connectivity index (χ0n) is 20.3. The number of anilines is 1. The number of aromatic amines is 2. The molecule has 0 atom stereocenters. The van der Waals surface area contributed by atoms with Gasteiger partial charge >= 0.3 is 0 Å². The standard InChI is InChI=1S/C26H28FN9/c1-3-28-13-16-10-17(15-29-14-16)18-11-19-22(12-20(18)27)33-34-23(19)25-31-21-4-5-30-26(24(21)32-25)36-8-6-35(2)7-9-36/h4-5,10-12,14-15,28H,3,6-9,13H2,1-2H3,(H,31,32)(H,33,34). The van der Waals surface area contributed by atoms with E-state index < -0.39 is 0 Å². The highest BCUT2D eigenvalue weighted by molar-refractivity contribution is 5.97. The summed E-state index contributed by atoms with van der Waals surface area (Å²) in [5, 5.41) is 11.5. The van der Waals surface area contributed by atoms with Gasteiger partial charge in [0, 0.05) is 73.9 Å². The van der Waals surface area contributed by atoms with Gasteiger partial charge in [-0.2, -0.15) is 5.10 Å². The number of nitrogens with one attached hydrogen (secondary N) is 3. The van der Waals surface area contributed by atoms with E-state index >= 15 is 4.39 Å². The number of imidazole rings is 1. The van der Waals surface area contributed by atoms with Crippen LogP contribution in [-0.4, -0.2) is 74.8 Å². The van der Waals surface area contributed by atoms with Gasteiger partial charge in [-0.25, -0.2) is 14.4 Å². The highest BCUT2D eigenvalue weighted by Gasteiger charge is 2.21. The first-order chi connectivity index (χ1) is 17.6. The molecule has 0 spiro atoms. The smallest absolute Gasteiger partial charge is 0.159 e. The van der Waals surface area contributed by atoms with Crippen LogP contribution in [0.15, 0.2) is 42.9 Å². The Hall–Kier alpha value is -3.89. The molecule has 0 saturated carbocycles. The van der Waals surface area contributed by atoms with Gasteiger partial charge in [-0.3, -0.25) is 10.1 Å². The van der Waals surface area contributed by atoms with E-state index in [4.69, 9.17) is 4.98 Å². The number of aromatic nitrogens is 6. The van der Waals surface area contributed by atoms with Gasteiger partial charge in [0.2, 0.25) is 0 Å². The van der Waals surface area contributed by atoms with Crippen molar-refractivity contribution >= 4 is 27.8 Å². The third-order valence-electron chi connectivity index (χ3n) is 6.74. The maximum atomic E-state index is 15.1. The lowest BCUT2D eigenvalue weighted by atomic mass is 10.0. The minimum absolute atomic E-state index is 0.328. The average Bonchev–Trinajstić information content (AvgIpc) is 3.51. The number of H-pyrrole nitrogens is 2. The summed E-state index contributed by atoms with van der Waals surface area (Å²) in [6, 6.07) is 7.20. The Morgan fingerprint density at radius 2 is 1.94 bits per heavy atom. The van der Waals surface area contributed by atoms with Crippen molar-refractivity contribution < 1.29 is 4.39 Å². The molecule has 6 rings (SSSR count). The predicted octanol–water partition coefficient (Wildman–Crippen LogP) is 3.56. The Labute approximate surface area is 207 Å². The number of pyridine rings is 2. The highest BCUT2D eigenvalue weighted by Crippen LogP contribution is 2.33. The predicted molar refractivity (Wildman–Crippen MR) is 139 cm³/mol. The molecule has 9 nitrogen and oxygen atoms in total. The van der Waals surface area contributed by atoms with Crippen molar-refractivity contribution in [3.05, 3.63) is 54.2 Å². The monoisotopic (exact) mass is 485 g/mol. The lowest BCUT2D eigenvalue weighted by Gasteiger charge is -2.33. The summed E-state index contributed by atoms with van der Waals surface area (Å²) in [4.78, 5) is 21.9. The van der Waals surface area contributed by atoms with E-state index in [-0.39, 0.29) is 5.82 Å². The fourth-order valence-corrected chi connectivity index (χ4v) is 4.72. The fourth-order valence-electron chi connectivity index (χ4n) is 4.72. The Morgan fingerprint density at radius 1 is 1.08 bits per heavy atom. The minimum Gasteiger partial charge on any atom is -0.352 e. The Kier molecular flexibility index (Phi) is 5.82. The molecule has 0 radical (unpaired) electrons. The minimum atomic E-state index is -0.328. The van der Waals surface area contributed by atoms with Crippen molar-refractivity contribution in [2.75, 3.05) is 44.7 Å². The molecule has 0 amide bonds. The lowest BCUT2D eigenvalue weighted by Crippen LogP contribution is -2.44. The summed E-state index contributed by atoms with van der Waals surface area (Å²) >= 11 is 0. The quantitative estimate of drug-likeness (QED) is 0.338. The van der Waals surface area contributed by atoms with Crippen LogP contribution in [0.1, 0.15) is 12.5 Å². The number of benzene rings is 1. The van der Waals surface area contributed by atoms with Crippen LogP contribution < -0.4 is 10.2 Å². The molecular formula is C26H28FN9. The van der Waals surface area contributed by atoms with Gasteiger partial charge in [-0.1, -0.05) is 6.92 Å². The highest BCUT2D eigenvalue weighted by atomic mass is 19.1. The molecule has 184 valence electrons. The molecule has 1 fully saturated rings. The fraction of sp³-hybridized carbons (Fsp3) is 0.308. The number of likely N-dealkylation sites (N-methyl/N-ethyl adjacent to an activating group) is 1. The molecule has 0 bridgehead atoms. The van der Waals surface area contributed by atoms with Crippen LogP contribution in [0.25, 0.3) is 44.6 Å². The first-order valence-electron chi connectivity index (χ1n) is 12.2. The van der Waals surface area contributed by atoms with Gasteiger partial charge in [-0.05, 0) is 37.4 Å². The van der Waals surface area contributed by atoms with E-state index in [1.807, 2.05) is 31.3 Å². The molecule has 1 aliphatic rings. The number of rotatable bonds is 6. The second-order valence-electron chi connectivity index (χ2n) is 9.22. The SMILES string of the molecule is CCNCc1cncc(-c2cc3c(-c4nc5c(N6CCN(C)CC6)nccc5[nH]4)n[nH]c3cc2F)c1. The number of hydrogen-bond donors (Lipinski definition) is 3. The van der Waals surface area contributed by atoms with Crippen molar-refractivity contribution in [1.82, 2.24) is 40.3 Å². The van der Waals surface area contributed by atoms with Gasteiger partial charge in [0.1, 0.15) is 17.0 Å². The Morgan fingerprint density at radius 3 is 2.78 bits per heavy atom. The van der Waals surface area contributed by atoms with E-state index in [1.54, 1.807) is 12.4 Å². The van der Waals surface area contributed by atoms with Crippen molar-refractivity contribution in [3.8, 4) is 22.6 Å². The largest absolute Gasteiger partial charge is 0.352 e. The average molecular weight is 486 g/mol. The van der Waals surface area contributed by atoms with Gasteiger partial charge < -0.3 is 20.1 Å². The van der Waals surface area contributed by atoms with Crippen LogP contribution in [0.4, 0.5) is 10.2 Å². The maximum Gasteiger partial charge on any atom is 0.159 e. The van der Waals surface area contributed by atoms with Gasteiger partial charge in [-0.15, -0.1) is 0 Å². The Balaban J connectivity index is 1.41. The molecule has 1 saturated heterocycles. The molecule has 5 aromatic rings. The van der Waals surface area contributed by atoms with Crippen LogP contribution in [-0.2, 0) is 6.54 Å². The van der Waals surface area contributed by atoms with E-state index in [2.05, 4.69) is 47.3 Å². The number of fused-ring (bicyclic) bond motifs is 2. The molecule has 1 aromatic carbocycles. The normalized spacial score (nSPS) is 14.8. The van der Waals surface area contributed by atoms with Crippen LogP contribution in [0.2, 0.25) is 0 Å². The van der Waals surface area contributed by atoms with Gasteiger partial charge in [0.25, 0.3) is 0 Å². The lowest BCUT2D eigenvalue weighted by molar-refractivity contribution is 0.312. The van der Waals surface area contributed by atoms with Crippen molar-refractivity contribution in [2.45, 2.75) is 13.5 Å². The molecular weight excluding hydrogens is 457 g/mol. The summed E-state index contributed by atoms with van der Waals surface area (Å²) in [7, 11) is 2.13. The summed E-state index contributed by atoms with van der Waals surface area (Å²) in [5.41, 5.74) is 5.17. The molecule has 3 N–H and O–H groups in total. The number of hydrogen-bond acceptors (Lipinski definition) is 7. The Bertz CT molecular complexity index is 1530. The summed E-state index contributed by atoms with van der Waals surface area (Å²) in [6.07, 6.45) is 5.29. The van der Waals surface area contributed by atoms with Gasteiger partial charge in [0.05, 0.1) is 11.0 Å². The van der Waals surface area contributed by atoms with Crippen molar-refractivity contribution in [2.24, 2.45) is 0 Å². The second-order valence-corrected chi connectivity index (χ2v) is 9.22. The zero-order valence-corrected chi connectivity index (χ0v) is 20.3. The molecule has 0 unspecified atom stereocenters. The number of nitrogens with zero attached hydrogens (tertiary/aromatic N) is 6. The van der Waals surface area contributed by atoms with Gasteiger partial charge in [0.15, 0.2) is 11.6 Å². The molecule has 4 aromatic heterocycles.